The average molecular weight is 276 g/mol. The van der Waals surface area contributed by atoms with E-state index in [0.29, 0.717) is 11.1 Å². The molecule has 0 unspecified atom stereocenters. The summed E-state index contributed by atoms with van der Waals surface area (Å²) in [6.07, 6.45) is 3.68. The van der Waals surface area contributed by atoms with Crippen LogP contribution in [0.5, 0.6) is 0 Å². The van der Waals surface area contributed by atoms with Gasteiger partial charge in [0.15, 0.2) is 0 Å². The molecule has 0 aliphatic rings. The molecule has 102 valence electrons. The summed E-state index contributed by atoms with van der Waals surface area (Å²) in [5.74, 6) is -0.384. The highest BCUT2D eigenvalue weighted by Crippen LogP contribution is 2.26. The number of fused-ring (bicyclic) bond motifs is 1. The number of aryl methyl sites for hydroxylation is 1. The molecule has 0 radical (unpaired) electrons. The Bertz CT molecular complexity index is 882. The third-order valence-electron chi connectivity index (χ3n) is 3.51. The van der Waals surface area contributed by atoms with Crippen molar-refractivity contribution in [1.82, 2.24) is 4.57 Å². The first-order valence-electron chi connectivity index (χ1n) is 6.61. The van der Waals surface area contributed by atoms with Gasteiger partial charge in [0.25, 0.3) is 0 Å². The van der Waals surface area contributed by atoms with E-state index in [0.717, 1.165) is 16.5 Å². The molecule has 0 bridgehead atoms. The van der Waals surface area contributed by atoms with Crippen LogP contribution in [0.3, 0.4) is 0 Å². The molecule has 3 heteroatoms. The first kappa shape index (κ1) is 13.1. The fourth-order valence-corrected chi connectivity index (χ4v) is 2.49. The predicted molar refractivity (Wildman–Crippen MR) is 82.8 cm³/mol. The quantitative estimate of drug-likeness (QED) is 0.638. The molecular weight excluding hydrogens is 263 g/mol. The first-order valence-corrected chi connectivity index (χ1v) is 6.61. The van der Waals surface area contributed by atoms with Crippen molar-refractivity contribution in [2.24, 2.45) is 7.05 Å². The Labute approximate surface area is 122 Å². The van der Waals surface area contributed by atoms with Crippen LogP contribution in [0.1, 0.15) is 11.1 Å². The molecule has 2 nitrogen and oxygen atoms in total. The molecule has 0 spiro atoms. The SMILES string of the molecule is Cn1cc(C=C(C#N)c2ccccc2F)c2ccccc21. The lowest BCUT2D eigenvalue weighted by molar-refractivity contribution is 0.624. The fourth-order valence-electron chi connectivity index (χ4n) is 2.49. The summed E-state index contributed by atoms with van der Waals surface area (Å²) in [6.45, 7) is 0. The molecule has 0 amide bonds. The first-order chi connectivity index (χ1) is 10.2. The van der Waals surface area contributed by atoms with Gasteiger partial charge in [0.2, 0.25) is 0 Å². The minimum absolute atomic E-state index is 0.324. The van der Waals surface area contributed by atoms with Crippen molar-refractivity contribution in [1.29, 1.82) is 5.26 Å². The van der Waals surface area contributed by atoms with Gasteiger partial charge in [0.1, 0.15) is 5.82 Å². The van der Waals surface area contributed by atoms with Crippen molar-refractivity contribution in [2.75, 3.05) is 0 Å². The van der Waals surface area contributed by atoms with Gasteiger partial charge in [0, 0.05) is 35.3 Å². The number of nitriles is 1. The van der Waals surface area contributed by atoms with Gasteiger partial charge in [-0.25, -0.2) is 4.39 Å². The average Bonchev–Trinajstić information content (AvgIpc) is 2.82. The molecular formula is C18H13FN2. The van der Waals surface area contributed by atoms with Gasteiger partial charge in [-0.3, -0.25) is 0 Å². The van der Waals surface area contributed by atoms with Crippen LogP contribution in [-0.2, 0) is 7.05 Å². The second-order valence-electron chi connectivity index (χ2n) is 4.86. The van der Waals surface area contributed by atoms with Gasteiger partial charge < -0.3 is 4.57 Å². The number of allylic oxidation sites excluding steroid dienone is 1. The van der Waals surface area contributed by atoms with E-state index < -0.39 is 0 Å². The Morgan fingerprint density at radius 3 is 2.62 bits per heavy atom. The van der Waals surface area contributed by atoms with Gasteiger partial charge in [0.05, 0.1) is 11.6 Å². The van der Waals surface area contributed by atoms with E-state index in [4.69, 9.17) is 0 Å². The maximum atomic E-state index is 13.9. The van der Waals surface area contributed by atoms with Gasteiger partial charge in [-0.1, -0.05) is 36.4 Å². The van der Waals surface area contributed by atoms with E-state index in [1.54, 1.807) is 24.3 Å². The number of halogens is 1. The number of aromatic nitrogens is 1. The smallest absolute Gasteiger partial charge is 0.131 e. The van der Waals surface area contributed by atoms with Crippen LogP contribution in [0.2, 0.25) is 0 Å². The highest BCUT2D eigenvalue weighted by atomic mass is 19.1. The Morgan fingerprint density at radius 2 is 1.86 bits per heavy atom. The van der Waals surface area contributed by atoms with Gasteiger partial charge in [-0.05, 0) is 18.2 Å². The summed E-state index contributed by atoms with van der Waals surface area (Å²) >= 11 is 0. The van der Waals surface area contributed by atoms with Crippen LogP contribution >= 0.6 is 0 Å². The third-order valence-corrected chi connectivity index (χ3v) is 3.51. The molecule has 3 aromatic rings. The molecule has 1 heterocycles. The van der Waals surface area contributed by atoms with Crippen molar-refractivity contribution in [2.45, 2.75) is 0 Å². The Kier molecular flexibility index (Phi) is 3.29. The highest BCUT2D eigenvalue weighted by Gasteiger charge is 2.09. The second-order valence-corrected chi connectivity index (χ2v) is 4.86. The van der Waals surface area contributed by atoms with Crippen LogP contribution in [0.15, 0.2) is 54.7 Å². The summed E-state index contributed by atoms with van der Waals surface area (Å²) in [5, 5.41) is 10.4. The lowest BCUT2D eigenvalue weighted by Crippen LogP contribution is -1.87. The molecule has 0 atom stereocenters. The number of rotatable bonds is 2. The van der Waals surface area contributed by atoms with Crippen LogP contribution in [0.4, 0.5) is 4.39 Å². The van der Waals surface area contributed by atoms with Gasteiger partial charge in [-0.2, -0.15) is 5.26 Å². The third kappa shape index (κ3) is 2.32. The summed E-state index contributed by atoms with van der Waals surface area (Å²) < 4.78 is 15.8. The number of benzene rings is 2. The Hall–Kier alpha value is -2.86. The Balaban J connectivity index is 2.19. The maximum Gasteiger partial charge on any atom is 0.131 e. The van der Waals surface area contributed by atoms with E-state index >= 15 is 0 Å². The maximum absolute atomic E-state index is 13.9. The largest absolute Gasteiger partial charge is 0.350 e. The normalized spacial score (nSPS) is 11.6. The van der Waals surface area contributed by atoms with E-state index in [1.165, 1.54) is 6.07 Å². The number of para-hydroxylation sites is 1. The Morgan fingerprint density at radius 1 is 1.14 bits per heavy atom. The zero-order valence-electron chi connectivity index (χ0n) is 11.5. The minimum Gasteiger partial charge on any atom is -0.350 e. The second kappa shape index (κ2) is 5.26. The molecule has 0 aliphatic carbocycles. The topological polar surface area (TPSA) is 28.7 Å². The zero-order valence-corrected chi connectivity index (χ0v) is 11.5. The number of nitrogens with zero attached hydrogens (tertiary/aromatic N) is 2. The van der Waals surface area contributed by atoms with E-state index in [1.807, 2.05) is 42.1 Å². The zero-order chi connectivity index (χ0) is 14.8. The van der Waals surface area contributed by atoms with Crippen molar-refractivity contribution in [3.05, 3.63) is 71.7 Å². The van der Waals surface area contributed by atoms with Gasteiger partial charge in [-0.15, -0.1) is 0 Å². The highest BCUT2D eigenvalue weighted by molar-refractivity contribution is 5.98. The monoisotopic (exact) mass is 276 g/mol. The minimum atomic E-state index is -0.384. The summed E-state index contributed by atoms with van der Waals surface area (Å²) in [4.78, 5) is 0. The molecule has 0 saturated heterocycles. The summed E-state index contributed by atoms with van der Waals surface area (Å²) in [7, 11) is 1.95. The molecule has 2 aromatic carbocycles. The predicted octanol–water partition coefficient (Wildman–Crippen LogP) is 4.38. The van der Waals surface area contributed by atoms with Crippen LogP contribution in [-0.4, -0.2) is 4.57 Å². The lowest BCUT2D eigenvalue weighted by atomic mass is 10.0. The lowest BCUT2D eigenvalue weighted by Gasteiger charge is -2.00. The van der Waals surface area contributed by atoms with E-state index in [9.17, 15) is 9.65 Å². The standard InChI is InChI=1S/C18H13FN2/c1-21-12-14(16-7-3-5-9-18(16)21)10-13(11-20)15-6-2-4-8-17(15)19/h2-10,12H,1H3. The fraction of sp³-hybridized carbons (Fsp3) is 0.0556. The number of hydrogen-bond acceptors (Lipinski definition) is 1. The molecule has 0 aliphatic heterocycles. The molecule has 0 N–H and O–H groups in total. The van der Waals surface area contributed by atoms with Crippen LogP contribution in [0, 0.1) is 17.1 Å². The van der Waals surface area contributed by atoms with Crippen molar-refractivity contribution < 1.29 is 4.39 Å². The molecule has 0 saturated carbocycles. The van der Waals surface area contributed by atoms with Crippen molar-refractivity contribution >= 4 is 22.6 Å². The van der Waals surface area contributed by atoms with E-state index in [2.05, 4.69) is 6.07 Å². The van der Waals surface area contributed by atoms with Gasteiger partial charge >= 0.3 is 0 Å². The van der Waals surface area contributed by atoms with Crippen LogP contribution in [0.25, 0.3) is 22.6 Å². The van der Waals surface area contributed by atoms with Crippen LogP contribution < -0.4 is 0 Å². The van der Waals surface area contributed by atoms with Crippen molar-refractivity contribution in [3.63, 3.8) is 0 Å². The number of hydrogen-bond donors (Lipinski definition) is 0. The molecule has 3 rings (SSSR count). The molecule has 21 heavy (non-hydrogen) atoms. The summed E-state index contributed by atoms with van der Waals surface area (Å²) in [6, 6.07) is 16.4. The van der Waals surface area contributed by atoms with Crippen molar-refractivity contribution in [3.8, 4) is 6.07 Å². The molecule has 1 aromatic heterocycles. The van der Waals surface area contributed by atoms with E-state index in [-0.39, 0.29) is 5.82 Å². The molecule has 0 fully saturated rings. The summed E-state index contributed by atoms with van der Waals surface area (Å²) in [5.41, 5.74) is 2.64.